The molecule has 40 heavy (non-hydrogen) atoms. The molecule has 2 aromatic carbocycles. The third-order valence-electron chi connectivity index (χ3n) is 8.09. The molecule has 4 rings (SSSR count). The fourth-order valence-corrected chi connectivity index (χ4v) is 6.67. The predicted octanol–water partition coefficient (Wildman–Crippen LogP) is 5.37. The molecule has 2 aliphatic rings. The number of benzene rings is 2. The first-order valence-corrected chi connectivity index (χ1v) is 15.2. The van der Waals surface area contributed by atoms with Crippen molar-refractivity contribution >= 4 is 22.6 Å². The first-order chi connectivity index (χ1) is 19.2. The maximum absolute atomic E-state index is 12.7. The molecular weight excluding hydrogens is 623 g/mol. The summed E-state index contributed by atoms with van der Waals surface area (Å²) >= 11 is 1.84. The van der Waals surface area contributed by atoms with Crippen molar-refractivity contribution < 1.29 is 19.5 Å². The number of nitrogens with two attached hydrogens (primary N) is 1. The van der Waals surface area contributed by atoms with Gasteiger partial charge in [0.15, 0.2) is 5.82 Å². The van der Waals surface area contributed by atoms with Crippen molar-refractivity contribution in [3.63, 3.8) is 0 Å². The molecule has 9 nitrogen and oxygen atoms in total. The molecule has 0 amide bonds. The summed E-state index contributed by atoms with van der Waals surface area (Å²) in [5.74, 6) is 1.84. The van der Waals surface area contributed by atoms with Crippen LogP contribution in [-0.4, -0.2) is 65.8 Å². The molecule has 0 radical (unpaired) electrons. The second-order valence-electron chi connectivity index (χ2n) is 10.9. The number of nitro groups is 1. The summed E-state index contributed by atoms with van der Waals surface area (Å²) < 4.78 is 11.8. The van der Waals surface area contributed by atoms with Crippen LogP contribution in [0.25, 0.3) is 0 Å². The van der Waals surface area contributed by atoms with Crippen molar-refractivity contribution in [2.45, 2.75) is 57.1 Å². The van der Waals surface area contributed by atoms with Crippen molar-refractivity contribution in [3.8, 4) is 11.5 Å². The number of piperidine rings is 1. The van der Waals surface area contributed by atoms with E-state index >= 15 is 0 Å². The number of para-hydroxylation sites is 2. The van der Waals surface area contributed by atoms with Gasteiger partial charge in [0.1, 0.15) is 11.5 Å². The molecule has 2 heterocycles. The highest BCUT2D eigenvalue weighted by Crippen LogP contribution is 2.45. The van der Waals surface area contributed by atoms with Gasteiger partial charge in [-0.25, -0.2) is 0 Å². The molecule has 0 spiro atoms. The van der Waals surface area contributed by atoms with E-state index in [1.165, 1.54) is 0 Å². The van der Waals surface area contributed by atoms with E-state index in [0.29, 0.717) is 50.8 Å². The molecule has 218 valence electrons. The van der Waals surface area contributed by atoms with Crippen molar-refractivity contribution in [2.24, 2.45) is 11.7 Å². The Hall–Kier alpha value is -2.41. The zero-order valence-electron chi connectivity index (χ0n) is 23.4. The van der Waals surface area contributed by atoms with Crippen molar-refractivity contribution in [1.82, 2.24) is 9.80 Å². The van der Waals surface area contributed by atoms with Crippen LogP contribution in [0.3, 0.4) is 0 Å². The number of aliphatic hydroxyl groups is 1. The van der Waals surface area contributed by atoms with Crippen LogP contribution in [0.2, 0.25) is 0 Å². The normalized spacial score (nSPS) is 21.6. The van der Waals surface area contributed by atoms with Gasteiger partial charge in [0.25, 0.3) is 0 Å². The van der Waals surface area contributed by atoms with Gasteiger partial charge in [0.05, 0.1) is 10.5 Å². The van der Waals surface area contributed by atoms with Gasteiger partial charge in [0.2, 0.25) is 0 Å². The van der Waals surface area contributed by atoms with E-state index < -0.39 is 5.60 Å². The summed E-state index contributed by atoms with van der Waals surface area (Å²) in [5, 5.41) is 24.6. The number of halogens is 1. The SMILES string of the molecule is COCCCC[C@@](O)(c1ccccc1Oc1ccccc1C)C1CCCN(C(=C(I)[N+](=O)[O-])N2CCC(N)C2)C1. The van der Waals surface area contributed by atoms with E-state index in [1.807, 2.05) is 82.9 Å². The van der Waals surface area contributed by atoms with Gasteiger partial charge in [-0.15, -0.1) is 0 Å². The van der Waals surface area contributed by atoms with Crippen molar-refractivity contribution in [2.75, 3.05) is 39.9 Å². The summed E-state index contributed by atoms with van der Waals surface area (Å²) in [6.45, 7) is 5.10. The lowest BCUT2D eigenvalue weighted by atomic mass is 9.73. The van der Waals surface area contributed by atoms with E-state index in [9.17, 15) is 15.2 Å². The molecule has 2 aromatic rings. The molecule has 2 saturated heterocycles. The lowest BCUT2D eigenvalue weighted by Gasteiger charge is -2.45. The first kappa shape index (κ1) is 30.5. The predicted molar refractivity (Wildman–Crippen MR) is 164 cm³/mol. The number of aryl methyl sites for hydroxylation is 1. The number of rotatable bonds is 12. The topological polar surface area (TPSA) is 114 Å². The smallest absolute Gasteiger partial charge is 0.343 e. The number of ether oxygens (including phenoxy) is 2. The number of hydrogen-bond donors (Lipinski definition) is 2. The zero-order valence-corrected chi connectivity index (χ0v) is 25.6. The van der Waals surface area contributed by atoms with Crippen LogP contribution in [0, 0.1) is 23.0 Å². The van der Waals surface area contributed by atoms with Crippen LogP contribution in [0.4, 0.5) is 0 Å². The van der Waals surface area contributed by atoms with Crippen molar-refractivity contribution in [3.05, 3.63) is 79.3 Å². The third-order valence-corrected chi connectivity index (χ3v) is 8.97. The van der Waals surface area contributed by atoms with Crippen LogP contribution < -0.4 is 10.5 Å². The second kappa shape index (κ2) is 14.0. The van der Waals surface area contributed by atoms with Gasteiger partial charge in [0, 0.05) is 80.0 Å². The lowest BCUT2D eigenvalue weighted by molar-refractivity contribution is -0.409. The van der Waals surface area contributed by atoms with E-state index in [-0.39, 0.29) is 20.6 Å². The maximum Gasteiger partial charge on any atom is 0.343 e. The van der Waals surface area contributed by atoms with Gasteiger partial charge in [-0.05, 0) is 63.1 Å². The third kappa shape index (κ3) is 7.07. The highest BCUT2D eigenvalue weighted by Gasteiger charge is 2.44. The van der Waals surface area contributed by atoms with Crippen molar-refractivity contribution in [1.29, 1.82) is 0 Å². The Morgan fingerprint density at radius 2 is 1.80 bits per heavy atom. The Morgan fingerprint density at radius 1 is 1.10 bits per heavy atom. The number of unbranched alkanes of at least 4 members (excludes halogenated alkanes) is 1. The number of nitrogens with zero attached hydrogens (tertiary/aromatic N) is 3. The van der Waals surface area contributed by atoms with E-state index in [2.05, 4.69) is 4.90 Å². The quantitative estimate of drug-likeness (QED) is 0.102. The average Bonchev–Trinajstić information content (AvgIpc) is 3.38. The van der Waals surface area contributed by atoms with Gasteiger partial charge in [-0.2, -0.15) is 0 Å². The average molecular weight is 665 g/mol. The fraction of sp³-hybridized carbons (Fsp3) is 0.533. The summed E-state index contributed by atoms with van der Waals surface area (Å²) in [7, 11) is 1.69. The molecule has 2 aliphatic heterocycles. The highest BCUT2D eigenvalue weighted by molar-refractivity contribution is 14.1. The summed E-state index contributed by atoms with van der Waals surface area (Å²) in [4.78, 5) is 15.8. The van der Waals surface area contributed by atoms with Crippen LogP contribution in [0.5, 0.6) is 11.5 Å². The molecule has 0 saturated carbocycles. The molecule has 0 aromatic heterocycles. The fourth-order valence-electron chi connectivity index (χ4n) is 5.98. The molecule has 0 bridgehead atoms. The Kier molecular flexibility index (Phi) is 10.7. The molecule has 3 atom stereocenters. The van der Waals surface area contributed by atoms with Gasteiger partial charge in [-0.1, -0.05) is 36.4 Å². The van der Waals surface area contributed by atoms with Crippen LogP contribution >= 0.6 is 22.6 Å². The lowest BCUT2D eigenvalue weighted by Crippen LogP contribution is -2.48. The molecule has 3 N–H and O–H groups in total. The Bertz CT molecular complexity index is 1190. The summed E-state index contributed by atoms with van der Waals surface area (Å²) in [6.07, 6.45) is 4.55. The second-order valence-corrected chi connectivity index (χ2v) is 11.9. The van der Waals surface area contributed by atoms with Crippen LogP contribution in [0.15, 0.2) is 58.1 Å². The maximum atomic E-state index is 12.7. The van der Waals surface area contributed by atoms with Gasteiger partial charge < -0.3 is 30.1 Å². The van der Waals surface area contributed by atoms with Crippen LogP contribution in [-0.2, 0) is 10.3 Å². The van der Waals surface area contributed by atoms with E-state index in [0.717, 1.165) is 49.0 Å². The van der Waals surface area contributed by atoms with Crippen LogP contribution in [0.1, 0.15) is 49.7 Å². The molecule has 10 heteroatoms. The first-order valence-electron chi connectivity index (χ1n) is 14.1. The van der Waals surface area contributed by atoms with Gasteiger partial charge >= 0.3 is 3.70 Å². The van der Waals surface area contributed by atoms with Gasteiger partial charge in [-0.3, -0.25) is 10.1 Å². The number of likely N-dealkylation sites (tertiary alicyclic amines) is 2. The summed E-state index contributed by atoms with van der Waals surface area (Å²) in [5.41, 5.74) is 6.76. The Labute approximate surface area is 250 Å². The highest BCUT2D eigenvalue weighted by atomic mass is 127. The summed E-state index contributed by atoms with van der Waals surface area (Å²) in [6, 6.07) is 15.6. The molecule has 2 fully saturated rings. The minimum Gasteiger partial charge on any atom is -0.457 e. The molecule has 2 unspecified atom stereocenters. The number of hydrogen-bond acceptors (Lipinski definition) is 8. The van der Waals surface area contributed by atoms with E-state index in [1.54, 1.807) is 7.11 Å². The molecular formula is C30H41IN4O5. The minimum atomic E-state index is -1.20. The zero-order chi connectivity index (χ0) is 28.7. The monoisotopic (exact) mass is 664 g/mol. The molecule has 0 aliphatic carbocycles. The number of methoxy groups -OCH3 is 1. The Balaban J connectivity index is 1.70. The largest absolute Gasteiger partial charge is 0.457 e. The minimum absolute atomic E-state index is 0.00488. The Morgan fingerprint density at radius 3 is 2.48 bits per heavy atom. The standard InChI is InChI=1S/C30H41IN4O5/c1-22-10-3-5-13-26(22)40-27-14-6-4-12-25(27)30(36,16-7-8-19-39-2)23-11-9-17-33(20-23)29(28(31)35(37)38)34-18-15-24(32)21-34/h3-6,10,12-14,23-24,36H,7-9,11,15-21,32H2,1-2H3/t23?,24?,30-/m0/s1. The van der Waals surface area contributed by atoms with E-state index in [4.69, 9.17) is 15.2 Å².